The number of rotatable bonds is 4. The number of nitrogens with zero attached hydrogens (tertiary/aromatic N) is 7. The van der Waals surface area contributed by atoms with Crippen LogP contribution in [0.4, 0.5) is 14.7 Å². The molecule has 4 aromatic rings. The molecule has 0 aliphatic carbocycles. The molecule has 0 spiro atoms. The van der Waals surface area contributed by atoms with Crippen LogP contribution in [0.1, 0.15) is 22.3 Å². The summed E-state index contributed by atoms with van der Waals surface area (Å²) in [6, 6.07) is 8.96. The summed E-state index contributed by atoms with van der Waals surface area (Å²) in [6.45, 7) is 4.27. The average Bonchev–Trinajstić information content (AvgIpc) is 3.27. The molecule has 1 aliphatic rings. The Hall–Kier alpha value is -4.21. The van der Waals surface area contributed by atoms with E-state index in [1.165, 1.54) is 16.9 Å². The topological polar surface area (TPSA) is 80.0 Å². The van der Waals surface area contributed by atoms with Crippen LogP contribution in [0.15, 0.2) is 61.2 Å². The first kappa shape index (κ1) is 22.6. The van der Waals surface area contributed by atoms with Crippen LogP contribution in [0.25, 0.3) is 16.8 Å². The van der Waals surface area contributed by atoms with Crippen molar-refractivity contribution >= 4 is 11.9 Å². The summed E-state index contributed by atoms with van der Waals surface area (Å²) >= 11 is 0. The highest BCUT2D eigenvalue weighted by molar-refractivity contribution is 5.98. The zero-order valence-corrected chi connectivity index (χ0v) is 19.1. The Kier molecular flexibility index (Phi) is 6.17. The van der Waals surface area contributed by atoms with Gasteiger partial charge in [0.25, 0.3) is 5.91 Å². The van der Waals surface area contributed by atoms with E-state index in [4.69, 9.17) is 0 Å². The molecule has 35 heavy (non-hydrogen) atoms. The van der Waals surface area contributed by atoms with Crippen LogP contribution < -0.4 is 4.90 Å². The SMILES string of the molecule is Cc1ccc(-n2nccn2)c(C(=O)N2CCCN(c3ncc(-c4cc(F)cc(F)c4)cn3)CC2)c1. The molecule has 10 heteroatoms. The maximum atomic E-state index is 13.6. The summed E-state index contributed by atoms with van der Waals surface area (Å²) in [7, 11) is 0. The van der Waals surface area contributed by atoms with E-state index in [0.29, 0.717) is 54.5 Å². The van der Waals surface area contributed by atoms with Crippen molar-refractivity contribution < 1.29 is 13.6 Å². The third kappa shape index (κ3) is 4.86. The molecule has 8 nitrogen and oxygen atoms in total. The molecule has 1 amide bonds. The molecule has 1 aliphatic heterocycles. The normalized spacial score (nSPS) is 14.1. The van der Waals surface area contributed by atoms with Crippen LogP contribution in [-0.4, -0.2) is 61.9 Å². The summed E-state index contributed by atoms with van der Waals surface area (Å²) in [5.41, 5.74) is 3.07. The maximum absolute atomic E-state index is 13.6. The van der Waals surface area contributed by atoms with Gasteiger partial charge in [0.15, 0.2) is 0 Å². The number of amides is 1. The monoisotopic (exact) mass is 475 g/mol. The molecule has 5 rings (SSSR count). The van der Waals surface area contributed by atoms with Crippen molar-refractivity contribution in [3.8, 4) is 16.8 Å². The van der Waals surface area contributed by atoms with Crippen LogP contribution in [0.5, 0.6) is 0 Å². The predicted octanol–water partition coefficient (Wildman–Crippen LogP) is 3.66. The van der Waals surface area contributed by atoms with E-state index in [1.54, 1.807) is 24.8 Å². The molecule has 1 saturated heterocycles. The molecule has 0 N–H and O–H groups in total. The molecule has 1 fully saturated rings. The molecular weight excluding hydrogens is 452 g/mol. The first-order valence-corrected chi connectivity index (χ1v) is 11.3. The van der Waals surface area contributed by atoms with Crippen LogP contribution in [0.2, 0.25) is 0 Å². The highest BCUT2D eigenvalue weighted by Crippen LogP contribution is 2.23. The fourth-order valence-corrected chi connectivity index (χ4v) is 4.18. The minimum absolute atomic E-state index is 0.0766. The van der Waals surface area contributed by atoms with E-state index in [2.05, 4.69) is 20.2 Å². The smallest absolute Gasteiger partial charge is 0.256 e. The van der Waals surface area contributed by atoms with Crippen molar-refractivity contribution in [3.63, 3.8) is 0 Å². The fraction of sp³-hybridized carbons (Fsp3) is 0.240. The number of carbonyl (C=O) groups is 1. The molecule has 2 aromatic heterocycles. The first-order valence-electron chi connectivity index (χ1n) is 11.3. The molecule has 0 saturated carbocycles. The Labute approximate surface area is 200 Å². The fourth-order valence-electron chi connectivity index (χ4n) is 4.18. The number of halogens is 2. The number of carbonyl (C=O) groups excluding carboxylic acids is 1. The largest absolute Gasteiger partial charge is 0.339 e. The molecule has 0 bridgehead atoms. The van der Waals surface area contributed by atoms with Crippen molar-refractivity contribution in [1.82, 2.24) is 29.9 Å². The lowest BCUT2D eigenvalue weighted by molar-refractivity contribution is 0.0766. The van der Waals surface area contributed by atoms with Gasteiger partial charge in [-0.25, -0.2) is 18.7 Å². The van der Waals surface area contributed by atoms with Gasteiger partial charge in [-0.3, -0.25) is 4.79 Å². The second-order valence-corrected chi connectivity index (χ2v) is 8.40. The van der Waals surface area contributed by atoms with Crippen molar-refractivity contribution in [2.75, 3.05) is 31.1 Å². The van der Waals surface area contributed by atoms with Crippen molar-refractivity contribution in [3.05, 3.63) is 83.9 Å². The zero-order valence-electron chi connectivity index (χ0n) is 19.1. The second-order valence-electron chi connectivity index (χ2n) is 8.40. The van der Waals surface area contributed by atoms with E-state index in [9.17, 15) is 13.6 Å². The Morgan fingerprint density at radius 2 is 1.57 bits per heavy atom. The van der Waals surface area contributed by atoms with Crippen molar-refractivity contribution in [2.45, 2.75) is 13.3 Å². The van der Waals surface area contributed by atoms with E-state index in [1.807, 2.05) is 34.9 Å². The van der Waals surface area contributed by atoms with Crippen LogP contribution >= 0.6 is 0 Å². The second kappa shape index (κ2) is 9.57. The highest BCUT2D eigenvalue weighted by Gasteiger charge is 2.24. The Morgan fingerprint density at radius 3 is 2.29 bits per heavy atom. The number of anilines is 1. The zero-order chi connectivity index (χ0) is 24.4. The van der Waals surface area contributed by atoms with Gasteiger partial charge in [-0.05, 0) is 43.2 Å². The Balaban J connectivity index is 1.31. The van der Waals surface area contributed by atoms with Crippen molar-refractivity contribution in [1.29, 1.82) is 0 Å². The summed E-state index contributed by atoms with van der Waals surface area (Å²) in [4.78, 5) is 27.6. The number of hydrogen-bond donors (Lipinski definition) is 0. The minimum atomic E-state index is -0.651. The lowest BCUT2D eigenvalue weighted by atomic mass is 10.1. The van der Waals surface area contributed by atoms with E-state index in [-0.39, 0.29) is 5.91 Å². The Morgan fingerprint density at radius 1 is 0.857 bits per heavy atom. The van der Waals surface area contributed by atoms with Crippen molar-refractivity contribution in [2.24, 2.45) is 0 Å². The summed E-state index contributed by atoms with van der Waals surface area (Å²) in [5.74, 6) is -0.868. The molecule has 3 heterocycles. The number of aryl methyl sites for hydroxylation is 1. The Bertz CT molecular complexity index is 1320. The standard InChI is InChI=1S/C25H23F2N7O/c1-17-3-4-23(34-30-5-6-31-34)22(11-17)24(35)32-7-2-8-33(10-9-32)25-28-15-19(16-29-25)18-12-20(26)14-21(27)13-18/h3-6,11-16H,2,7-10H2,1H3. The summed E-state index contributed by atoms with van der Waals surface area (Å²) < 4.78 is 27.1. The van der Waals surface area contributed by atoms with Gasteiger partial charge in [0.05, 0.1) is 23.6 Å². The van der Waals surface area contributed by atoms with Gasteiger partial charge < -0.3 is 9.80 Å². The van der Waals surface area contributed by atoms with Gasteiger partial charge >= 0.3 is 0 Å². The molecule has 0 unspecified atom stereocenters. The number of benzene rings is 2. The van der Waals surface area contributed by atoms with Gasteiger partial charge in [0.2, 0.25) is 5.95 Å². The number of aromatic nitrogens is 5. The predicted molar refractivity (Wildman–Crippen MR) is 126 cm³/mol. The minimum Gasteiger partial charge on any atom is -0.339 e. The summed E-state index contributed by atoms with van der Waals surface area (Å²) in [5, 5.41) is 8.36. The summed E-state index contributed by atoms with van der Waals surface area (Å²) in [6.07, 6.45) is 7.01. The lowest BCUT2D eigenvalue weighted by Gasteiger charge is -2.23. The van der Waals surface area contributed by atoms with E-state index >= 15 is 0 Å². The van der Waals surface area contributed by atoms with Gasteiger partial charge in [-0.15, -0.1) is 0 Å². The maximum Gasteiger partial charge on any atom is 0.256 e. The van der Waals surface area contributed by atoms with E-state index in [0.717, 1.165) is 18.1 Å². The van der Waals surface area contributed by atoms with Gasteiger partial charge in [-0.1, -0.05) is 11.6 Å². The molecule has 0 atom stereocenters. The van der Waals surface area contributed by atoms with E-state index < -0.39 is 11.6 Å². The highest BCUT2D eigenvalue weighted by atomic mass is 19.1. The van der Waals surface area contributed by atoms with Crippen LogP contribution in [-0.2, 0) is 0 Å². The molecule has 178 valence electrons. The molecular formula is C25H23F2N7O. The molecule has 2 aromatic carbocycles. The molecule has 0 radical (unpaired) electrons. The van der Waals surface area contributed by atoms with Crippen LogP contribution in [0, 0.1) is 18.6 Å². The van der Waals surface area contributed by atoms with Crippen LogP contribution in [0.3, 0.4) is 0 Å². The third-order valence-corrected chi connectivity index (χ3v) is 5.92. The quantitative estimate of drug-likeness (QED) is 0.448. The van der Waals surface area contributed by atoms with Gasteiger partial charge in [0.1, 0.15) is 11.6 Å². The first-order chi connectivity index (χ1) is 17.0. The van der Waals surface area contributed by atoms with Gasteiger partial charge in [0, 0.05) is 50.2 Å². The lowest BCUT2D eigenvalue weighted by Crippen LogP contribution is -2.36. The third-order valence-electron chi connectivity index (χ3n) is 5.92. The number of hydrogen-bond acceptors (Lipinski definition) is 6. The average molecular weight is 476 g/mol. The van der Waals surface area contributed by atoms with Gasteiger partial charge in [-0.2, -0.15) is 15.0 Å².